The molecule has 9 nitrogen and oxygen atoms in total. The summed E-state index contributed by atoms with van der Waals surface area (Å²) in [7, 11) is 0. The van der Waals surface area contributed by atoms with E-state index in [0.717, 1.165) is 26.1 Å². The third-order valence-corrected chi connectivity index (χ3v) is 7.57. The Labute approximate surface area is 237 Å². The van der Waals surface area contributed by atoms with E-state index in [1.165, 1.54) is 12.3 Å². The number of morpholine rings is 1. The van der Waals surface area contributed by atoms with Crippen LogP contribution in [0.15, 0.2) is 35.3 Å². The van der Waals surface area contributed by atoms with Gasteiger partial charge in [0.05, 0.1) is 36.3 Å². The summed E-state index contributed by atoms with van der Waals surface area (Å²) in [5.41, 5.74) is -0.505. The second kappa shape index (κ2) is 12.6. The summed E-state index contributed by atoms with van der Waals surface area (Å²) in [5, 5.41) is 23.5. The number of hydrogen-bond acceptors (Lipinski definition) is 7. The van der Waals surface area contributed by atoms with Crippen molar-refractivity contribution in [1.29, 1.82) is 0 Å². The molecule has 4 rings (SSSR count). The number of anilines is 1. The number of halogens is 2. The molecule has 1 fully saturated rings. The number of benzene rings is 1. The minimum atomic E-state index is -1.38. The maximum absolute atomic E-state index is 14.9. The molecule has 1 unspecified atom stereocenters. The number of ether oxygens (including phenoxy) is 1. The third-order valence-electron chi connectivity index (χ3n) is 7.28. The minimum absolute atomic E-state index is 0.0160. The average molecular weight is 575 g/mol. The van der Waals surface area contributed by atoms with Crippen molar-refractivity contribution in [2.45, 2.75) is 39.7 Å². The zero-order valence-electron chi connectivity index (χ0n) is 23.0. The van der Waals surface area contributed by atoms with Crippen LogP contribution < -0.4 is 10.7 Å². The van der Waals surface area contributed by atoms with E-state index in [9.17, 15) is 24.2 Å². The lowest BCUT2D eigenvalue weighted by molar-refractivity contribution is 0.0378. The van der Waals surface area contributed by atoms with Gasteiger partial charge < -0.3 is 24.8 Å². The zero-order chi connectivity index (χ0) is 29.0. The van der Waals surface area contributed by atoms with E-state index in [0.29, 0.717) is 36.7 Å². The lowest BCUT2D eigenvalue weighted by atomic mass is 9.86. The molecule has 3 N–H and O–H groups in total. The first-order chi connectivity index (χ1) is 19.0. The number of carboxylic acids is 1. The molecule has 1 saturated heterocycles. The Balaban J connectivity index is 1.82. The molecular weight excluding hydrogens is 539 g/mol. The van der Waals surface area contributed by atoms with E-state index in [-0.39, 0.29) is 29.1 Å². The van der Waals surface area contributed by atoms with Crippen LogP contribution in [0.5, 0.6) is 0 Å². The van der Waals surface area contributed by atoms with Crippen molar-refractivity contribution in [2.75, 3.05) is 51.3 Å². The summed E-state index contributed by atoms with van der Waals surface area (Å²) in [6, 6.07) is 5.74. The number of nitrogens with one attached hydrogen (secondary N) is 1. The van der Waals surface area contributed by atoms with Gasteiger partial charge in [0.15, 0.2) is 0 Å². The van der Waals surface area contributed by atoms with Crippen molar-refractivity contribution in [3.63, 3.8) is 0 Å². The summed E-state index contributed by atoms with van der Waals surface area (Å²) in [5.74, 6) is -1.48. The van der Waals surface area contributed by atoms with Gasteiger partial charge in [0.25, 0.3) is 0 Å². The number of nitrogens with zero attached hydrogens (tertiary/aromatic N) is 3. The number of aromatic carboxylic acids is 1. The molecule has 1 aromatic carbocycles. The van der Waals surface area contributed by atoms with Crippen molar-refractivity contribution in [3.8, 4) is 0 Å². The number of rotatable bonds is 10. The first-order valence-corrected chi connectivity index (χ1v) is 13.8. The van der Waals surface area contributed by atoms with Gasteiger partial charge in [-0.25, -0.2) is 14.2 Å². The first-order valence-electron chi connectivity index (χ1n) is 13.4. The van der Waals surface area contributed by atoms with Crippen LogP contribution in [-0.2, 0) is 11.2 Å². The predicted molar refractivity (Wildman–Crippen MR) is 153 cm³/mol. The largest absolute Gasteiger partial charge is 0.477 e. The molecule has 2 aromatic heterocycles. The molecule has 1 atom stereocenters. The number of carboxylic acid groups (broad SMARTS) is 1. The van der Waals surface area contributed by atoms with Gasteiger partial charge in [-0.05, 0) is 41.6 Å². The maximum atomic E-state index is 14.9. The molecule has 0 amide bonds. The number of aliphatic hydroxyl groups excluding tert-OH is 1. The number of aromatic nitrogens is 2. The predicted octanol–water partition coefficient (Wildman–Crippen LogP) is 4.19. The van der Waals surface area contributed by atoms with Gasteiger partial charge in [-0.1, -0.05) is 44.5 Å². The summed E-state index contributed by atoms with van der Waals surface area (Å²) in [6.45, 7) is 10.1. The van der Waals surface area contributed by atoms with Gasteiger partial charge in [0, 0.05) is 32.3 Å². The molecule has 0 saturated carbocycles. The zero-order valence-corrected chi connectivity index (χ0v) is 23.8. The Hall–Kier alpha value is -3.05. The summed E-state index contributed by atoms with van der Waals surface area (Å²) >= 11 is 6.02. The molecule has 0 spiro atoms. The smallest absolute Gasteiger partial charge is 0.341 e. The molecule has 1 aliphatic heterocycles. The van der Waals surface area contributed by atoms with Crippen molar-refractivity contribution in [1.82, 2.24) is 14.5 Å². The summed E-state index contributed by atoms with van der Waals surface area (Å²) in [4.78, 5) is 32.5. The Morgan fingerprint density at radius 2 is 1.98 bits per heavy atom. The highest BCUT2D eigenvalue weighted by Gasteiger charge is 2.29. The summed E-state index contributed by atoms with van der Waals surface area (Å²) < 4.78 is 21.9. The van der Waals surface area contributed by atoms with Gasteiger partial charge in [-0.15, -0.1) is 0 Å². The second-order valence-corrected chi connectivity index (χ2v) is 11.5. The molecule has 0 radical (unpaired) electrons. The SMILES string of the molecule is CC(C)(C)C(CO)n1cc(C(=O)O)c(=O)c2cc(Cc3cccc(Cl)c3F)c(NCCCN3CCOCC3)nc21. The fourth-order valence-corrected chi connectivity index (χ4v) is 5.19. The fraction of sp³-hybridized carbons (Fsp3) is 0.483. The molecule has 0 aliphatic carbocycles. The van der Waals surface area contributed by atoms with Crippen LogP contribution in [0.1, 0.15) is 54.7 Å². The van der Waals surface area contributed by atoms with Gasteiger partial charge in [-0.2, -0.15) is 0 Å². The van der Waals surface area contributed by atoms with Crippen LogP contribution in [0.2, 0.25) is 5.02 Å². The Kier molecular flexibility index (Phi) is 9.45. The van der Waals surface area contributed by atoms with E-state index < -0.39 is 34.2 Å². The number of fused-ring (bicyclic) bond motifs is 1. The van der Waals surface area contributed by atoms with Crippen molar-refractivity contribution >= 4 is 34.4 Å². The highest BCUT2D eigenvalue weighted by Crippen LogP contribution is 2.33. The summed E-state index contributed by atoms with van der Waals surface area (Å²) in [6.07, 6.45) is 2.15. The van der Waals surface area contributed by atoms with Gasteiger partial charge in [-0.3, -0.25) is 9.69 Å². The lowest BCUT2D eigenvalue weighted by Crippen LogP contribution is -2.37. The average Bonchev–Trinajstić information content (AvgIpc) is 2.91. The van der Waals surface area contributed by atoms with E-state index in [1.807, 2.05) is 20.8 Å². The molecule has 3 heterocycles. The molecule has 216 valence electrons. The van der Waals surface area contributed by atoms with Crippen molar-refractivity contribution < 1.29 is 24.1 Å². The highest BCUT2D eigenvalue weighted by molar-refractivity contribution is 6.30. The first kappa shape index (κ1) is 29.9. The Morgan fingerprint density at radius 3 is 2.62 bits per heavy atom. The quantitative estimate of drug-likeness (QED) is 0.309. The number of carbonyl (C=O) groups is 1. The Bertz CT molecular complexity index is 1430. The van der Waals surface area contributed by atoms with Crippen LogP contribution >= 0.6 is 11.6 Å². The molecule has 3 aromatic rings. The van der Waals surface area contributed by atoms with E-state index in [2.05, 4.69) is 10.2 Å². The highest BCUT2D eigenvalue weighted by atomic mass is 35.5. The number of hydrogen-bond donors (Lipinski definition) is 3. The Morgan fingerprint density at radius 1 is 1.25 bits per heavy atom. The van der Waals surface area contributed by atoms with Crippen LogP contribution in [0.4, 0.5) is 10.2 Å². The van der Waals surface area contributed by atoms with Crippen LogP contribution in [-0.4, -0.2) is 76.6 Å². The van der Waals surface area contributed by atoms with Crippen LogP contribution in [0, 0.1) is 11.2 Å². The maximum Gasteiger partial charge on any atom is 0.341 e. The van der Waals surface area contributed by atoms with E-state index >= 15 is 0 Å². The minimum Gasteiger partial charge on any atom is -0.477 e. The third kappa shape index (κ3) is 6.63. The van der Waals surface area contributed by atoms with Crippen LogP contribution in [0.3, 0.4) is 0 Å². The van der Waals surface area contributed by atoms with E-state index in [1.54, 1.807) is 22.8 Å². The monoisotopic (exact) mass is 574 g/mol. The van der Waals surface area contributed by atoms with Crippen molar-refractivity contribution in [3.05, 3.63) is 68.2 Å². The fourth-order valence-electron chi connectivity index (χ4n) is 4.99. The van der Waals surface area contributed by atoms with Gasteiger partial charge >= 0.3 is 5.97 Å². The van der Waals surface area contributed by atoms with Gasteiger partial charge in [0.1, 0.15) is 22.8 Å². The number of pyridine rings is 2. The number of aliphatic hydroxyl groups is 1. The van der Waals surface area contributed by atoms with Gasteiger partial charge in [0.2, 0.25) is 5.43 Å². The molecule has 11 heteroatoms. The van der Waals surface area contributed by atoms with E-state index in [4.69, 9.17) is 21.3 Å². The standard InChI is InChI=1S/C29H36ClFN4O5/c1-29(2,3)23(17-36)35-16-21(28(38)39)25(37)20-15-19(14-18-6-4-7-22(30)24(18)31)26(33-27(20)35)32-8-5-9-34-10-12-40-13-11-34/h4,6-7,15-16,23,36H,5,8-14,17H2,1-3H3,(H,32,33)(H,38,39). The van der Waals surface area contributed by atoms with Crippen molar-refractivity contribution in [2.24, 2.45) is 5.41 Å². The molecule has 0 bridgehead atoms. The normalized spacial score (nSPS) is 15.3. The topological polar surface area (TPSA) is 117 Å². The lowest BCUT2D eigenvalue weighted by Gasteiger charge is -2.32. The molecular formula is C29H36ClFN4O5. The molecule has 40 heavy (non-hydrogen) atoms. The van der Waals surface area contributed by atoms with Crippen LogP contribution in [0.25, 0.3) is 11.0 Å². The molecule has 1 aliphatic rings. The second-order valence-electron chi connectivity index (χ2n) is 11.1.